The number of piperidine rings is 1. The number of anilines is 2. The summed E-state index contributed by atoms with van der Waals surface area (Å²) in [6, 6.07) is 1.92. The molecule has 0 aromatic carbocycles. The van der Waals surface area contributed by atoms with Crippen molar-refractivity contribution in [2.24, 2.45) is 5.92 Å². The molecule has 2 saturated heterocycles. The second-order valence-corrected chi connectivity index (χ2v) is 7.07. The topological polar surface area (TPSA) is 95.7 Å². The zero-order chi connectivity index (χ0) is 18.7. The highest BCUT2D eigenvalue weighted by atomic mass is 16.2. The van der Waals surface area contributed by atoms with Gasteiger partial charge in [0, 0.05) is 57.4 Å². The summed E-state index contributed by atoms with van der Waals surface area (Å²) in [6.07, 6.45) is 2.27. The van der Waals surface area contributed by atoms with E-state index < -0.39 is 0 Å². The van der Waals surface area contributed by atoms with Gasteiger partial charge in [-0.3, -0.25) is 9.59 Å². The molecular weight excluding hydrogens is 332 g/mol. The van der Waals surface area contributed by atoms with Gasteiger partial charge in [0.1, 0.15) is 5.82 Å². The third-order valence-corrected chi connectivity index (χ3v) is 5.20. The molecule has 2 aliphatic rings. The van der Waals surface area contributed by atoms with Gasteiger partial charge in [-0.05, 0) is 19.8 Å². The maximum absolute atomic E-state index is 12.9. The summed E-state index contributed by atoms with van der Waals surface area (Å²) >= 11 is 0. The van der Waals surface area contributed by atoms with Gasteiger partial charge in [0.05, 0.1) is 5.92 Å². The van der Waals surface area contributed by atoms with Crippen LogP contribution in [0.2, 0.25) is 0 Å². The van der Waals surface area contributed by atoms with Gasteiger partial charge in [-0.15, -0.1) is 0 Å². The van der Waals surface area contributed by atoms with Crippen LogP contribution in [-0.4, -0.2) is 70.9 Å². The van der Waals surface area contributed by atoms with Crippen molar-refractivity contribution in [1.82, 2.24) is 19.8 Å². The van der Waals surface area contributed by atoms with Crippen molar-refractivity contribution in [2.45, 2.75) is 33.1 Å². The Balaban J connectivity index is 1.57. The fourth-order valence-corrected chi connectivity index (χ4v) is 3.78. The lowest BCUT2D eigenvalue weighted by molar-refractivity contribution is -0.141. The molecule has 0 radical (unpaired) electrons. The van der Waals surface area contributed by atoms with E-state index in [-0.39, 0.29) is 23.7 Å². The summed E-state index contributed by atoms with van der Waals surface area (Å²) in [5, 5.41) is 0. The third kappa shape index (κ3) is 4.05. The number of piperazine rings is 1. The monoisotopic (exact) mass is 360 g/mol. The van der Waals surface area contributed by atoms with Crippen molar-refractivity contribution in [3.8, 4) is 0 Å². The van der Waals surface area contributed by atoms with Crippen molar-refractivity contribution < 1.29 is 9.59 Å². The molecule has 8 heteroatoms. The molecular formula is C18H28N6O2. The van der Waals surface area contributed by atoms with Crippen LogP contribution in [0.25, 0.3) is 0 Å². The maximum atomic E-state index is 12.9. The lowest BCUT2D eigenvalue weighted by atomic mass is 9.96. The minimum atomic E-state index is -0.0669. The first-order valence-electron chi connectivity index (χ1n) is 9.40. The Morgan fingerprint density at radius 2 is 1.88 bits per heavy atom. The maximum Gasteiger partial charge on any atom is 0.227 e. The molecule has 0 saturated carbocycles. The van der Waals surface area contributed by atoms with Crippen molar-refractivity contribution >= 4 is 23.6 Å². The van der Waals surface area contributed by atoms with Crippen LogP contribution in [0.1, 0.15) is 31.9 Å². The summed E-state index contributed by atoms with van der Waals surface area (Å²) in [5.74, 6) is 1.35. The molecule has 2 N–H and O–H groups in total. The van der Waals surface area contributed by atoms with E-state index in [1.54, 1.807) is 0 Å². The number of nitrogens with zero attached hydrogens (tertiary/aromatic N) is 5. The molecule has 0 unspecified atom stereocenters. The van der Waals surface area contributed by atoms with E-state index >= 15 is 0 Å². The number of carbonyl (C=O) groups is 2. The van der Waals surface area contributed by atoms with Gasteiger partial charge >= 0.3 is 0 Å². The van der Waals surface area contributed by atoms with Crippen LogP contribution in [-0.2, 0) is 9.59 Å². The fourth-order valence-electron chi connectivity index (χ4n) is 3.78. The summed E-state index contributed by atoms with van der Waals surface area (Å²) in [5.41, 5.74) is 6.58. The lowest BCUT2D eigenvalue weighted by Crippen LogP contribution is -2.53. The number of hydrogen-bond acceptors (Lipinski definition) is 6. The number of likely N-dealkylation sites (tertiary alicyclic amines) is 1. The molecule has 8 nitrogen and oxygen atoms in total. The number of aryl methyl sites for hydroxylation is 1. The molecule has 1 atom stereocenters. The van der Waals surface area contributed by atoms with E-state index in [1.165, 1.54) is 0 Å². The van der Waals surface area contributed by atoms with E-state index in [4.69, 9.17) is 5.73 Å². The Morgan fingerprint density at radius 1 is 1.15 bits per heavy atom. The van der Waals surface area contributed by atoms with Crippen LogP contribution in [0.5, 0.6) is 0 Å². The van der Waals surface area contributed by atoms with Gasteiger partial charge in [-0.25, -0.2) is 4.98 Å². The fraction of sp³-hybridized carbons (Fsp3) is 0.667. The predicted molar refractivity (Wildman–Crippen MR) is 99.6 cm³/mol. The molecule has 0 bridgehead atoms. The summed E-state index contributed by atoms with van der Waals surface area (Å²) in [4.78, 5) is 39.1. The first-order valence-corrected chi connectivity index (χ1v) is 9.40. The van der Waals surface area contributed by atoms with E-state index in [1.807, 2.05) is 29.7 Å². The van der Waals surface area contributed by atoms with Crippen molar-refractivity contribution in [2.75, 3.05) is 49.9 Å². The Labute approximate surface area is 154 Å². The molecule has 142 valence electrons. The molecule has 2 fully saturated rings. The number of aromatic nitrogens is 2. The number of nitrogens with two attached hydrogens (primary N) is 1. The van der Waals surface area contributed by atoms with Crippen LogP contribution in [0.3, 0.4) is 0 Å². The first-order chi connectivity index (χ1) is 12.5. The molecule has 1 aromatic rings. The minimum absolute atomic E-state index is 0.0669. The zero-order valence-electron chi connectivity index (χ0n) is 15.6. The van der Waals surface area contributed by atoms with E-state index in [0.717, 1.165) is 44.0 Å². The van der Waals surface area contributed by atoms with Crippen LogP contribution in [0.4, 0.5) is 11.8 Å². The molecule has 3 heterocycles. The van der Waals surface area contributed by atoms with Crippen LogP contribution < -0.4 is 10.6 Å². The highest BCUT2D eigenvalue weighted by Crippen LogP contribution is 2.22. The van der Waals surface area contributed by atoms with Gasteiger partial charge in [0.15, 0.2) is 0 Å². The Hall–Kier alpha value is -2.38. The molecule has 1 aromatic heterocycles. The molecule has 0 aliphatic carbocycles. The van der Waals surface area contributed by atoms with Crippen LogP contribution in [0.15, 0.2) is 6.07 Å². The number of rotatable bonds is 3. The van der Waals surface area contributed by atoms with Gasteiger partial charge in [-0.1, -0.05) is 6.92 Å². The van der Waals surface area contributed by atoms with Crippen molar-refractivity contribution in [3.63, 3.8) is 0 Å². The summed E-state index contributed by atoms with van der Waals surface area (Å²) < 4.78 is 0. The van der Waals surface area contributed by atoms with E-state index in [0.29, 0.717) is 26.1 Å². The van der Waals surface area contributed by atoms with E-state index in [2.05, 4.69) is 14.9 Å². The Bertz CT molecular complexity index is 651. The molecule has 26 heavy (non-hydrogen) atoms. The molecule has 0 spiro atoms. The molecule has 2 amide bonds. The zero-order valence-corrected chi connectivity index (χ0v) is 15.6. The summed E-state index contributed by atoms with van der Waals surface area (Å²) in [6.45, 7) is 7.90. The average Bonchev–Trinajstić information content (AvgIpc) is 2.66. The quantitative estimate of drug-likeness (QED) is 0.851. The number of nitrogen functional groups attached to an aromatic ring is 1. The smallest absolute Gasteiger partial charge is 0.227 e. The first kappa shape index (κ1) is 18.4. The van der Waals surface area contributed by atoms with Gasteiger partial charge in [0.2, 0.25) is 17.8 Å². The van der Waals surface area contributed by atoms with Gasteiger partial charge in [-0.2, -0.15) is 4.98 Å². The summed E-state index contributed by atoms with van der Waals surface area (Å²) in [7, 11) is 0. The minimum Gasteiger partial charge on any atom is -0.368 e. The highest BCUT2D eigenvalue weighted by molar-refractivity contribution is 5.81. The second-order valence-electron chi connectivity index (χ2n) is 7.07. The number of amides is 2. The number of hydrogen-bond donors (Lipinski definition) is 1. The lowest BCUT2D eigenvalue weighted by Gasteiger charge is -2.39. The van der Waals surface area contributed by atoms with Crippen LogP contribution in [0, 0.1) is 12.8 Å². The van der Waals surface area contributed by atoms with Crippen molar-refractivity contribution in [1.29, 1.82) is 0 Å². The third-order valence-electron chi connectivity index (χ3n) is 5.20. The van der Waals surface area contributed by atoms with E-state index in [9.17, 15) is 9.59 Å². The molecule has 3 rings (SSSR count). The Morgan fingerprint density at radius 3 is 2.54 bits per heavy atom. The Kier molecular flexibility index (Phi) is 5.58. The average molecular weight is 360 g/mol. The SMILES string of the molecule is CCC(=O)N1CCC[C@@H](C(=O)N2CCN(c3cc(C)nc(N)n3)CC2)C1. The normalized spacial score (nSPS) is 21.0. The van der Waals surface area contributed by atoms with Gasteiger partial charge < -0.3 is 20.4 Å². The number of carbonyl (C=O) groups excluding carboxylic acids is 2. The molecule has 2 aliphatic heterocycles. The predicted octanol–water partition coefficient (Wildman–Crippen LogP) is 0.664. The standard InChI is InChI=1S/C18H28N6O2/c1-3-16(25)24-6-4-5-14(12-24)17(26)23-9-7-22(8-10-23)15-11-13(2)20-18(19)21-15/h11,14H,3-10,12H2,1-2H3,(H2,19,20,21)/t14-/m1/s1. The van der Waals surface area contributed by atoms with Crippen molar-refractivity contribution in [3.05, 3.63) is 11.8 Å². The largest absolute Gasteiger partial charge is 0.368 e. The second kappa shape index (κ2) is 7.88. The van der Waals surface area contributed by atoms with Gasteiger partial charge in [0.25, 0.3) is 0 Å². The van der Waals surface area contributed by atoms with Crippen LogP contribution >= 0.6 is 0 Å². The highest BCUT2D eigenvalue weighted by Gasteiger charge is 2.32.